The molecule has 3 rings (SSSR count). The summed E-state index contributed by atoms with van der Waals surface area (Å²) in [5.74, 6) is 6.45. The van der Waals surface area contributed by atoms with Crippen LogP contribution in [0.2, 0.25) is 0 Å². The number of ether oxygens (including phenoxy) is 1. The van der Waals surface area contributed by atoms with Gasteiger partial charge in [0.15, 0.2) is 11.4 Å². The van der Waals surface area contributed by atoms with Crippen molar-refractivity contribution >= 4 is 28.7 Å². The number of aromatic nitrogens is 3. The number of nitrogens with zero attached hydrogens (tertiary/aromatic N) is 3. The van der Waals surface area contributed by atoms with E-state index in [0.29, 0.717) is 28.5 Å². The van der Waals surface area contributed by atoms with Crippen molar-refractivity contribution in [3.05, 3.63) is 36.2 Å². The van der Waals surface area contributed by atoms with E-state index >= 15 is 0 Å². The van der Waals surface area contributed by atoms with Crippen molar-refractivity contribution < 1.29 is 9.15 Å². The van der Waals surface area contributed by atoms with Gasteiger partial charge in [-0.05, 0) is 23.9 Å². The van der Waals surface area contributed by atoms with Crippen molar-refractivity contribution in [2.24, 2.45) is 5.84 Å². The number of fused-ring (bicyclic) bond motifs is 1. The van der Waals surface area contributed by atoms with Crippen LogP contribution in [0.15, 0.2) is 45.0 Å². The van der Waals surface area contributed by atoms with Crippen LogP contribution in [0.1, 0.15) is 5.82 Å². The summed E-state index contributed by atoms with van der Waals surface area (Å²) in [7, 11) is 1.58. The maximum absolute atomic E-state index is 5.65. The number of hydrazine groups is 1. The molecule has 0 bridgehead atoms. The molecule has 1 aromatic carbocycles. The number of anilines is 1. The van der Waals surface area contributed by atoms with E-state index in [2.05, 4.69) is 20.4 Å². The Morgan fingerprint density at radius 3 is 2.90 bits per heavy atom. The molecule has 0 radical (unpaired) electrons. The van der Waals surface area contributed by atoms with Crippen LogP contribution in [0.3, 0.4) is 0 Å². The summed E-state index contributed by atoms with van der Waals surface area (Å²) >= 11 is 1.30. The van der Waals surface area contributed by atoms with E-state index in [1.54, 1.807) is 13.2 Å². The van der Waals surface area contributed by atoms with Gasteiger partial charge in [0.2, 0.25) is 0 Å². The smallest absolute Gasteiger partial charge is 0.263 e. The Morgan fingerprint density at radius 1 is 1.29 bits per heavy atom. The van der Waals surface area contributed by atoms with Gasteiger partial charge in [-0.2, -0.15) is 0 Å². The Bertz CT molecular complexity index is 728. The molecule has 0 aliphatic carbocycles. The molecular formula is C13H13N5O2S. The van der Waals surface area contributed by atoms with Crippen molar-refractivity contribution in [2.45, 2.75) is 16.9 Å². The Labute approximate surface area is 124 Å². The number of nitrogens with one attached hydrogen (secondary N) is 1. The van der Waals surface area contributed by atoms with E-state index in [-0.39, 0.29) is 0 Å². The third kappa shape index (κ3) is 3.13. The zero-order valence-electron chi connectivity index (χ0n) is 11.2. The molecule has 0 aliphatic rings. The minimum absolute atomic E-state index is 0.302. The average Bonchev–Trinajstić information content (AvgIpc) is 2.89. The van der Waals surface area contributed by atoms with E-state index < -0.39 is 0 Å². The first kappa shape index (κ1) is 13.8. The van der Waals surface area contributed by atoms with Crippen molar-refractivity contribution in [1.82, 2.24) is 15.0 Å². The van der Waals surface area contributed by atoms with Gasteiger partial charge < -0.3 is 14.6 Å². The molecule has 0 unspecified atom stereocenters. The quantitative estimate of drug-likeness (QED) is 0.420. The predicted octanol–water partition coefficient (Wildman–Crippen LogP) is 2.20. The highest BCUT2D eigenvalue weighted by Gasteiger charge is 2.10. The number of oxazole rings is 1. The fourth-order valence-electron chi connectivity index (χ4n) is 1.78. The van der Waals surface area contributed by atoms with Crippen LogP contribution in [0.25, 0.3) is 11.1 Å². The first-order chi connectivity index (χ1) is 10.3. The summed E-state index contributed by atoms with van der Waals surface area (Å²) in [6, 6.07) is 9.30. The molecule has 0 amide bonds. The molecule has 0 saturated carbocycles. The molecule has 0 fully saturated rings. The van der Waals surface area contributed by atoms with Crippen LogP contribution in [0, 0.1) is 0 Å². The molecule has 0 atom stereocenters. The van der Waals surface area contributed by atoms with Crippen LogP contribution < -0.4 is 11.3 Å². The third-order valence-corrected chi connectivity index (χ3v) is 3.40. The van der Waals surface area contributed by atoms with Gasteiger partial charge >= 0.3 is 0 Å². The fourth-order valence-corrected chi connectivity index (χ4v) is 2.55. The number of benzene rings is 1. The van der Waals surface area contributed by atoms with Crippen molar-refractivity contribution in [1.29, 1.82) is 0 Å². The number of para-hydroxylation sites is 2. The molecule has 108 valence electrons. The first-order valence-corrected chi connectivity index (χ1v) is 6.97. The second-order valence-electron chi connectivity index (χ2n) is 4.13. The van der Waals surface area contributed by atoms with Crippen LogP contribution in [-0.4, -0.2) is 22.1 Å². The summed E-state index contributed by atoms with van der Waals surface area (Å²) < 4.78 is 10.7. The molecule has 7 nitrogen and oxygen atoms in total. The number of rotatable bonds is 5. The summed E-state index contributed by atoms with van der Waals surface area (Å²) in [4.78, 5) is 12.9. The largest absolute Gasteiger partial charge is 0.431 e. The molecule has 3 aromatic rings. The second-order valence-corrected chi connectivity index (χ2v) is 5.11. The lowest BCUT2D eigenvalue weighted by Gasteiger charge is -2.05. The Balaban J connectivity index is 1.90. The van der Waals surface area contributed by atoms with Crippen LogP contribution in [-0.2, 0) is 11.3 Å². The fraction of sp³-hybridized carbons (Fsp3) is 0.154. The van der Waals surface area contributed by atoms with Gasteiger partial charge in [0.1, 0.15) is 23.0 Å². The lowest BCUT2D eigenvalue weighted by molar-refractivity contribution is 0.177. The summed E-state index contributed by atoms with van der Waals surface area (Å²) in [5, 5.41) is 1.19. The van der Waals surface area contributed by atoms with E-state index in [1.807, 2.05) is 24.3 Å². The van der Waals surface area contributed by atoms with Crippen molar-refractivity contribution in [3.63, 3.8) is 0 Å². The first-order valence-electron chi connectivity index (χ1n) is 6.15. The summed E-state index contributed by atoms with van der Waals surface area (Å²) in [6.45, 7) is 0.302. The molecule has 21 heavy (non-hydrogen) atoms. The molecule has 0 aliphatic heterocycles. The highest BCUT2D eigenvalue weighted by Crippen LogP contribution is 2.29. The van der Waals surface area contributed by atoms with Gasteiger partial charge in [0.25, 0.3) is 5.22 Å². The molecule has 0 saturated heterocycles. The van der Waals surface area contributed by atoms with E-state index in [4.69, 9.17) is 15.0 Å². The van der Waals surface area contributed by atoms with Gasteiger partial charge in [0, 0.05) is 13.2 Å². The molecule has 2 aromatic heterocycles. The monoisotopic (exact) mass is 303 g/mol. The molecule has 3 N–H and O–H groups in total. The lowest BCUT2D eigenvalue weighted by Crippen LogP contribution is -2.11. The minimum Gasteiger partial charge on any atom is -0.431 e. The van der Waals surface area contributed by atoms with Crippen LogP contribution in [0.4, 0.5) is 5.82 Å². The zero-order chi connectivity index (χ0) is 14.7. The Morgan fingerprint density at radius 2 is 2.14 bits per heavy atom. The van der Waals surface area contributed by atoms with E-state index in [1.165, 1.54) is 11.8 Å². The van der Waals surface area contributed by atoms with Gasteiger partial charge in [-0.25, -0.2) is 20.8 Å². The molecule has 2 heterocycles. The number of nitrogens with two attached hydrogens (primary N) is 1. The number of methoxy groups -OCH3 is 1. The normalized spacial score (nSPS) is 11.0. The van der Waals surface area contributed by atoms with Crippen LogP contribution >= 0.6 is 11.8 Å². The molecule has 0 spiro atoms. The number of hydrogen-bond donors (Lipinski definition) is 2. The average molecular weight is 303 g/mol. The van der Waals surface area contributed by atoms with Gasteiger partial charge in [0.05, 0.1) is 0 Å². The minimum atomic E-state index is 0.302. The second kappa shape index (κ2) is 6.08. The van der Waals surface area contributed by atoms with Crippen molar-refractivity contribution in [3.8, 4) is 0 Å². The summed E-state index contributed by atoms with van der Waals surface area (Å²) in [6.07, 6.45) is 0. The molecular weight excluding hydrogens is 290 g/mol. The number of nitrogen functional groups attached to an aromatic ring is 1. The van der Waals surface area contributed by atoms with E-state index in [9.17, 15) is 0 Å². The Hall–Kier alpha value is -2.16. The van der Waals surface area contributed by atoms with E-state index in [0.717, 1.165) is 11.1 Å². The molecule has 8 heteroatoms. The highest BCUT2D eigenvalue weighted by molar-refractivity contribution is 7.99. The summed E-state index contributed by atoms with van der Waals surface area (Å²) in [5.41, 5.74) is 4.06. The van der Waals surface area contributed by atoms with Crippen molar-refractivity contribution in [2.75, 3.05) is 12.5 Å². The van der Waals surface area contributed by atoms with Gasteiger partial charge in [-0.3, -0.25) is 0 Å². The maximum Gasteiger partial charge on any atom is 0.263 e. The topological polar surface area (TPSA) is 99.1 Å². The van der Waals surface area contributed by atoms with Crippen LogP contribution in [0.5, 0.6) is 0 Å². The maximum atomic E-state index is 5.65. The predicted molar refractivity (Wildman–Crippen MR) is 78.7 cm³/mol. The standard InChI is InChI=1S/C13H13N5O2S/c1-19-7-11-16-10(18-14)6-12(17-11)21-13-15-8-4-2-3-5-9(8)20-13/h2-6H,7,14H2,1H3,(H,16,17,18). The van der Waals surface area contributed by atoms with Gasteiger partial charge in [-0.15, -0.1) is 0 Å². The third-order valence-electron chi connectivity index (χ3n) is 2.64. The highest BCUT2D eigenvalue weighted by atomic mass is 32.2. The lowest BCUT2D eigenvalue weighted by atomic mass is 10.3. The Kier molecular flexibility index (Phi) is 4.00. The zero-order valence-corrected chi connectivity index (χ0v) is 12.1. The SMILES string of the molecule is COCc1nc(NN)cc(Sc2nc3ccccc3o2)n1. The van der Waals surface area contributed by atoms with Gasteiger partial charge in [-0.1, -0.05) is 12.1 Å². The number of hydrogen-bond acceptors (Lipinski definition) is 8.